The first-order chi connectivity index (χ1) is 16.5. The van der Waals surface area contributed by atoms with Crippen molar-refractivity contribution in [1.29, 1.82) is 0 Å². The van der Waals surface area contributed by atoms with Gasteiger partial charge < -0.3 is 4.74 Å². The van der Waals surface area contributed by atoms with Crippen LogP contribution in [0.5, 0.6) is 0 Å². The summed E-state index contributed by atoms with van der Waals surface area (Å²) in [4.78, 5) is 46.2. The number of nitro groups is 2. The van der Waals surface area contributed by atoms with E-state index in [1.165, 1.54) is 11.1 Å². The molecule has 9 nitrogen and oxygen atoms in total. The number of ketones is 1. The number of nitro benzene ring substituents is 2. The molecule has 4 aliphatic rings. The number of rotatable bonds is 4. The highest BCUT2D eigenvalue weighted by molar-refractivity contribution is 5.91. The molecule has 0 bridgehead atoms. The first-order valence-electron chi connectivity index (χ1n) is 12.1. The van der Waals surface area contributed by atoms with Crippen molar-refractivity contribution in [2.24, 2.45) is 22.7 Å². The molecule has 3 fully saturated rings. The second-order valence-corrected chi connectivity index (χ2v) is 10.8. The lowest BCUT2D eigenvalue weighted by atomic mass is 9.51. The van der Waals surface area contributed by atoms with Gasteiger partial charge in [0.2, 0.25) is 0 Å². The molecule has 0 radical (unpaired) electrons. The van der Waals surface area contributed by atoms with Crippen LogP contribution in [0.3, 0.4) is 0 Å². The molecule has 1 aromatic carbocycles. The molecule has 0 aromatic heterocycles. The summed E-state index contributed by atoms with van der Waals surface area (Å²) < 4.78 is 5.69. The summed E-state index contributed by atoms with van der Waals surface area (Å²) in [5, 5.41) is 22.3. The third-order valence-corrected chi connectivity index (χ3v) is 9.07. The number of Topliss-reactive ketones (excluding diaryl/α,β-unsaturated/α-hetero) is 1. The van der Waals surface area contributed by atoms with Crippen LogP contribution in [0.4, 0.5) is 11.4 Å². The van der Waals surface area contributed by atoms with E-state index in [0.717, 1.165) is 43.9 Å². The van der Waals surface area contributed by atoms with Crippen molar-refractivity contribution in [2.45, 2.75) is 64.9 Å². The Morgan fingerprint density at radius 2 is 1.57 bits per heavy atom. The normalized spacial score (nSPS) is 33.5. The molecule has 3 saturated carbocycles. The van der Waals surface area contributed by atoms with Gasteiger partial charge in [0, 0.05) is 30.4 Å². The quantitative estimate of drug-likeness (QED) is 0.317. The molecule has 5 rings (SSSR count). The molecule has 0 unspecified atom stereocenters. The average Bonchev–Trinajstić information content (AvgIpc) is 3.13. The molecule has 1 aromatic rings. The molecule has 0 saturated heterocycles. The van der Waals surface area contributed by atoms with Gasteiger partial charge in [0.1, 0.15) is 11.9 Å². The molecule has 184 valence electrons. The van der Waals surface area contributed by atoms with Crippen LogP contribution in [0.25, 0.3) is 0 Å². The van der Waals surface area contributed by atoms with E-state index in [4.69, 9.17) is 4.74 Å². The minimum atomic E-state index is -0.795. The van der Waals surface area contributed by atoms with Gasteiger partial charge in [-0.05, 0) is 49.4 Å². The van der Waals surface area contributed by atoms with Gasteiger partial charge >= 0.3 is 5.97 Å². The van der Waals surface area contributed by atoms with Crippen molar-refractivity contribution < 1.29 is 24.2 Å². The molecule has 0 spiro atoms. The van der Waals surface area contributed by atoms with Crippen molar-refractivity contribution in [3.8, 4) is 0 Å². The summed E-state index contributed by atoms with van der Waals surface area (Å²) >= 11 is 0. The van der Waals surface area contributed by atoms with Crippen LogP contribution in [0.1, 0.15) is 69.2 Å². The highest BCUT2D eigenvalue weighted by atomic mass is 16.6. The zero-order valence-electron chi connectivity index (χ0n) is 19.8. The third-order valence-electron chi connectivity index (χ3n) is 9.07. The Bertz CT molecular complexity index is 1190. The van der Waals surface area contributed by atoms with E-state index in [9.17, 15) is 29.8 Å². The monoisotopic (exact) mass is 480 g/mol. The summed E-state index contributed by atoms with van der Waals surface area (Å²) in [6.07, 6.45) is 9.41. The highest BCUT2D eigenvalue weighted by Crippen LogP contribution is 2.62. The Morgan fingerprint density at radius 1 is 0.943 bits per heavy atom. The van der Waals surface area contributed by atoms with E-state index in [-0.39, 0.29) is 16.4 Å². The van der Waals surface area contributed by atoms with E-state index in [1.807, 2.05) is 0 Å². The van der Waals surface area contributed by atoms with Gasteiger partial charge in [0.25, 0.3) is 11.4 Å². The maximum atomic E-state index is 12.8. The van der Waals surface area contributed by atoms with Crippen molar-refractivity contribution in [2.75, 3.05) is 0 Å². The number of fused-ring (bicyclic) bond motifs is 5. The Morgan fingerprint density at radius 3 is 2.23 bits per heavy atom. The number of benzene rings is 1. The molecule has 5 atom stereocenters. The average molecular weight is 481 g/mol. The molecule has 0 aliphatic heterocycles. The van der Waals surface area contributed by atoms with Gasteiger partial charge in [0.15, 0.2) is 0 Å². The van der Waals surface area contributed by atoms with Gasteiger partial charge in [-0.1, -0.05) is 37.1 Å². The summed E-state index contributed by atoms with van der Waals surface area (Å²) in [6.45, 7) is 4.40. The van der Waals surface area contributed by atoms with Crippen LogP contribution in [0, 0.1) is 42.9 Å². The van der Waals surface area contributed by atoms with Gasteiger partial charge in [-0.15, -0.1) is 0 Å². The smallest absolute Gasteiger partial charge is 0.338 e. The first-order valence-corrected chi connectivity index (χ1v) is 12.1. The number of ether oxygens (including phenoxy) is 1. The zero-order valence-corrected chi connectivity index (χ0v) is 19.8. The second-order valence-electron chi connectivity index (χ2n) is 10.8. The number of non-ortho nitro benzene ring substituents is 2. The van der Waals surface area contributed by atoms with Gasteiger partial charge in [0.05, 0.1) is 21.5 Å². The zero-order chi connectivity index (χ0) is 25.1. The maximum absolute atomic E-state index is 12.8. The van der Waals surface area contributed by atoms with Crippen LogP contribution in [-0.2, 0) is 9.53 Å². The predicted octanol–water partition coefficient (Wildman–Crippen LogP) is 5.48. The lowest BCUT2D eigenvalue weighted by molar-refractivity contribution is -0.394. The second kappa shape index (κ2) is 8.10. The van der Waals surface area contributed by atoms with E-state index < -0.39 is 33.3 Å². The minimum absolute atomic E-state index is 0.0513. The van der Waals surface area contributed by atoms with Crippen LogP contribution in [0.2, 0.25) is 0 Å². The molecule has 9 heteroatoms. The highest BCUT2D eigenvalue weighted by Gasteiger charge is 2.56. The van der Waals surface area contributed by atoms with Crippen molar-refractivity contribution in [1.82, 2.24) is 0 Å². The van der Waals surface area contributed by atoms with Gasteiger partial charge in [-0.25, -0.2) is 4.79 Å². The SMILES string of the molecule is C[C@]12CC[C@@H](OC(=O)c3cc([N+](=O)[O-])cc([N+](=O)[O-])c3)CC1=CC=C1[C@H]2CC[C@]2(C)C(=O)CC[C@H]12. The summed E-state index contributed by atoms with van der Waals surface area (Å²) in [5.41, 5.74) is 1.08. The van der Waals surface area contributed by atoms with Gasteiger partial charge in [-0.3, -0.25) is 25.0 Å². The topological polar surface area (TPSA) is 130 Å². The number of esters is 1. The minimum Gasteiger partial charge on any atom is -0.458 e. The Kier molecular flexibility index (Phi) is 5.41. The van der Waals surface area contributed by atoms with Crippen LogP contribution >= 0.6 is 0 Å². The molecule has 4 aliphatic carbocycles. The fraction of sp³-hybridized carbons (Fsp3) is 0.538. The molecule has 0 heterocycles. The standard InChI is InChI=1S/C26H28N2O7/c1-25-9-7-19(35-24(30)15-11-17(27(31)32)14-18(12-15)28(33)34)13-16(25)3-4-20-21-5-6-23(29)26(21,2)10-8-22(20)25/h3-4,11-12,14,19,21-22H,5-10,13H2,1-2H3/t19-,21-,22-,25+,26+/m1/s1. The molecule has 0 N–H and O–H groups in total. The predicted molar refractivity (Wildman–Crippen MR) is 126 cm³/mol. The largest absolute Gasteiger partial charge is 0.458 e. The Hall–Kier alpha value is -3.36. The first kappa shape index (κ1) is 23.4. The number of nitrogens with zero attached hydrogens (tertiary/aromatic N) is 2. The molecular weight excluding hydrogens is 452 g/mol. The van der Waals surface area contributed by atoms with Crippen LogP contribution < -0.4 is 0 Å². The van der Waals surface area contributed by atoms with E-state index >= 15 is 0 Å². The molecular formula is C26H28N2O7. The van der Waals surface area contributed by atoms with Crippen LogP contribution in [-0.4, -0.2) is 27.7 Å². The summed E-state index contributed by atoms with van der Waals surface area (Å²) in [6, 6.07) is 2.85. The number of carbonyl (C=O) groups is 2. The van der Waals surface area contributed by atoms with Crippen LogP contribution in [0.15, 0.2) is 41.5 Å². The van der Waals surface area contributed by atoms with E-state index in [1.54, 1.807) is 0 Å². The molecule has 0 amide bonds. The number of allylic oxidation sites excluding steroid dienone is 3. The fourth-order valence-electron chi connectivity index (χ4n) is 6.99. The van der Waals surface area contributed by atoms with E-state index in [0.29, 0.717) is 36.9 Å². The Balaban J connectivity index is 1.36. The number of hydrogen-bond donors (Lipinski definition) is 0. The maximum Gasteiger partial charge on any atom is 0.338 e. The van der Waals surface area contributed by atoms with Crippen molar-refractivity contribution in [3.05, 3.63) is 67.3 Å². The van der Waals surface area contributed by atoms with Crippen molar-refractivity contribution >= 4 is 23.1 Å². The number of hydrogen-bond acceptors (Lipinski definition) is 7. The Labute approximate surface area is 202 Å². The third kappa shape index (κ3) is 3.68. The van der Waals surface area contributed by atoms with E-state index in [2.05, 4.69) is 26.0 Å². The lowest BCUT2D eigenvalue weighted by Crippen LogP contribution is -2.46. The summed E-state index contributed by atoms with van der Waals surface area (Å²) in [7, 11) is 0. The van der Waals surface area contributed by atoms with Crippen molar-refractivity contribution in [3.63, 3.8) is 0 Å². The van der Waals surface area contributed by atoms with Gasteiger partial charge in [-0.2, -0.15) is 0 Å². The summed E-state index contributed by atoms with van der Waals surface area (Å²) in [5.74, 6) is 0.279. The number of carbonyl (C=O) groups excluding carboxylic acids is 2. The fourth-order valence-corrected chi connectivity index (χ4v) is 6.99. The lowest BCUT2D eigenvalue weighted by Gasteiger charge is -2.53. The molecule has 35 heavy (non-hydrogen) atoms.